The van der Waals surface area contributed by atoms with Crippen LogP contribution < -0.4 is 0 Å². The summed E-state index contributed by atoms with van der Waals surface area (Å²) in [6.07, 6.45) is 5.91. The van der Waals surface area contributed by atoms with E-state index in [1.54, 1.807) is 14.2 Å². The van der Waals surface area contributed by atoms with E-state index in [1.807, 2.05) is 0 Å². The highest BCUT2D eigenvalue weighted by Gasteiger charge is 2.12. The second-order valence-corrected chi connectivity index (χ2v) is 2.59. The van der Waals surface area contributed by atoms with E-state index in [9.17, 15) is 4.79 Å². The second kappa shape index (κ2) is 6.75. The van der Waals surface area contributed by atoms with Crippen LogP contribution in [0.15, 0.2) is 0 Å². The van der Waals surface area contributed by atoms with Crippen molar-refractivity contribution in [1.82, 2.24) is 0 Å². The molecule has 0 radical (unpaired) electrons. The van der Waals surface area contributed by atoms with Crippen LogP contribution in [-0.4, -0.2) is 20.5 Å². The zero-order valence-corrected chi connectivity index (χ0v) is 6.80. The van der Waals surface area contributed by atoms with Crippen LogP contribution in [0, 0.1) is 5.92 Å². The maximum Gasteiger partial charge on any atom is 0.123 e. The Bertz CT molecular complexity index is 75.3. The van der Waals surface area contributed by atoms with E-state index in [0.717, 1.165) is 19.1 Å². The molecule has 1 saturated carbocycles. The third-order valence-electron chi connectivity index (χ3n) is 1.59. The Balaban J connectivity index is 0.000000236. The van der Waals surface area contributed by atoms with Gasteiger partial charge in [-0.25, -0.2) is 0 Å². The Morgan fingerprint density at radius 3 is 1.90 bits per heavy atom. The Morgan fingerprint density at radius 2 is 1.70 bits per heavy atom. The molecule has 0 atom stereocenters. The van der Waals surface area contributed by atoms with Gasteiger partial charge >= 0.3 is 0 Å². The molecule has 0 unspecified atom stereocenters. The van der Waals surface area contributed by atoms with Gasteiger partial charge < -0.3 is 9.53 Å². The first kappa shape index (κ1) is 9.63. The van der Waals surface area contributed by atoms with Crippen LogP contribution in [0.4, 0.5) is 0 Å². The fourth-order valence-electron chi connectivity index (χ4n) is 1.09. The zero-order chi connectivity index (χ0) is 7.82. The van der Waals surface area contributed by atoms with Gasteiger partial charge in [-0.05, 0) is 12.8 Å². The fraction of sp³-hybridized carbons (Fsp3) is 0.875. The van der Waals surface area contributed by atoms with Crippen LogP contribution >= 0.6 is 0 Å². The van der Waals surface area contributed by atoms with Gasteiger partial charge in [0.25, 0.3) is 0 Å². The Kier molecular flexibility index (Phi) is 6.50. The molecule has 1 aliphatic carbocycles. The Morgan fingerprint density at radius 1 is 1.30 bits per heavy atom. The minimum atomic E-state index is 0.417. The van der Waals surface area contributed by atoms with Gasteiger partial charge in [0.05, 0.1) is 0 Å². The van der Waals surface area contributed by atoms with Crippen LogP contribution in [0.5, 0.6) is 0 Å². The van der Waals surface area contributed by atoms with Gasteiger partial charge in [0.1, 0.15) is 6.29 Å². The van der Waals surface area contributed by atoms with Gasteiger partial charge in [0.15, 0.2) is 0 Å². The van der Waals surface area contributed by atoms with E-state index < -0.39 is 0 Å². The highest BCUT2D eigenvalue weighted by molar-refractivity contribution is 5.53. The standard InChI is InChI=1S/C6H10O.C2H6O/c7-5-6-3-1-2-4-6;1-3-2/h5-6H,1-4H2;1-2H3. The summed E-state index contributed by atoms with van der Waals surface area (Å²) < 4.78 is 4.25. The van der Waals surface area contributed by atoms with Crippen LogP contribution in [0.2, 0.25) is 0 Å². The topological polar surface area (TPSA) is 26.3 Å². The molecule has 0 saturated heterocycles. The van der Waals surface area contributed by atoms with Crippen LogP contribution in [0.1, 0.15) is 25.7 Å². The molecule has 0 aromatic carbocycles. The van der Waals surface area contributed by atoms with E-state index in [0.29, 0.717) is 5.92 Å². The van der Waals surface area contributed by atoms with E-state index in [2.05, 4.69) is 4.74 Å². The molecule has 2 nitrogen and oxygen atoms in total. The monoisotopic (exact) mass is 144 g/mol. The third kappa shape index (κ3) is 4.50. The number of hydrogen-bond donors (Lipinski definition) is 0. The van der Waals surface area contributed by atoms with Crippen molar-refractivity contribution in [2.45, 2.75) is 25.7 Å². The van der Waals surface area contributed by atoms with E-state index >= 15 is 0 Å². The predicted molar refractivity (Wildman–Crippen MR) is 41.0 cm³/mol. The second-order valence-electron chi connectivity index (χ2n) is 2.59. The minimum absolute atomic E-state index is 0.417. The van der Waals surface area contributed by atoms with Crippen molar-refractivity contribution < 1.29 is 9.53 Å². The number of carbonyl (C=O) groups excluding carboxylic acids is 1. The molecule has 0 aromatic rings. The molecule has 1 aliphatic rings. The van der Waals surface area contributed by atoms with Crippen molar-refractivity contribution >= 4 is 6.29 Å². The highest BCUT2D eigenvalue weighted by Crippen LogP contribution is 2.21. The molecule has 0 N–H and O–H groups in total. The third-order valence-corrected chi connectivity index (χ3v) is 1.59. The van der Waals surface area contributed by atoms with Crippen LogP contribution in [-0.2, 0) is 9.53 Å². The van der Waals surface area contributed by atoms with Crippen LogP contribution in [0.25, 0.3) is 0 Å². The van der Waals surface area contributed by atoms with Crippen molar-refractivity contribution in [2.75, 3.05) is 14.2 Å². The first-order valence-corrected chi connectivity index (χ1v) is 3.70. The lowest BCUT2D eigenvalue weighted by Crippen LogP contribution is -1.91. The number of aldehydes is 1. The van der Waals surface area contributed by atoms with Gasteiger partial charge in [-0.3, -0.25) is 0 Å². The quantitative estimate of drug-likeness (QED) is 0.523. The number of carbonyl (C=O) groups is 1. The maximum absolute atomic E-state index is 10.0. The lowest BCUT2D eigenvalue weighted by Gasteiger charge is -1.90. The molecule has 0 heterocycles. The summed E-state index contributed by atoms with van der Waals surface area (Å²) in [5.74, 6) is 0.417. The van der Waals surface area contributed by atoms with Gasteiger partial charge in [0, 0.05) is 20.1 Å². The average molecular weight is 144 g/mol. The maximum atomic E-state index is 10.0. The smallest absolute Gasteiger partial charge is 0.123 e. The molecule has 0 aromatic heterocycles. The fourth-order valence-corrected chi connectivity index (χ4v) is 1.09. The molecule has 2 heteroatoms. The molecule has 1 rings (SSSR count). The highest BCUT2D eigenvalue weighted by atomic mass is 16.4. The van der Waals surface area contributed by atoms with Gasteiger partial charge in [-0.15, -0.1) is 0 Å². The number of rotatable bonds is 1. The van der Waals surface area contributed by atoms with E-state index in [-0.39, 0.29) is 0 Å². The number of ether oxygens (including phenoxy) is 1. The van der Waals surface area contributed by atoms with Crippen molar-refractivity contribution in [3.63, 3.8) is 0 Å². The molecular weight excluding hydrogens is 128 g/mol. The summed E-state index contributed by atoms with van der Waals surface area (Å²) in [7, 11) is 3.25. The lowest BCUT2D eigenvalue weighted by atomic mass is 10.1. The van der Waals surface area contributed by atoms with Crippen molar-refractivity contribution in [3.05, 3.63) is 0 Å². The molecular formula is C8H16O2. The van der Waals surface area contributed by atoms with Crippen molar-refractivity contribution in [3.8, 4) is 0 Å². The molecule has 60 valence electrons. The molecule has 10 heavy (non-hydrogen) atoms. The summed E-state index contributed by atoms with van der Waals surface area (Å²) in [5.41, 5.74) is 0. The molecule has 0 amide bonds. The first-order chi connectivity index (χ1) is 4.85. The van der Waals surface area contributed by atoms with Crippen molar-refractivity contribution in [1.29, 1.82) is 0 Å². The average Bonchev–Trinajstić information content (AvgIpc) is 2.39. The van der Waals surface area contributed by atoms with Crippen LogP contribution in [0.3, 0.4) is 0 Å². The number of methoxy groups -OCH3 is 1. The summed E-state index contributed by atoms with van der Waals surface area (Å²) in [6.45, 7) is 0. The van der Waals surface area contributed by atoms with E-state index in [1.165, 1.54) is 12.8 Å². The zero-order valence-electron chi connectivity index (χ0n) is 6.80. The number of hydrogen-bond acceptors (Lipinski definition) is 2. The van der Waals surface area contributed by atoms with Gasteiger partial charge in [-0.1, -0.05) is 12.8 Å². The van der Waals surface area contributed by atoms with Gasteiger partial charge in [0.2, 0.25) is 0 Å². The molecule has 0 bridgehead atoms. The summed E-state index contributed by atoms with van der Waals surface area (Å²) in [4.78, 5) is 10.0. The molecule has 0 aliphatic heterocycles. The minimum Gasteiger partial charge on any atom is -0.388 e. The van der Waals surface area contributed by atoms with Crippen molar-refractivity contribution in [2.24, 2.45) is 5.92 Å². The lowest BCUT2D eigenvalue weighted by molar-refractivity contribution is -0.110. The summed E-state index contributed by atoms with van der Waals surface area (Å²) in [5, 5.41) is 0. The molecule has 1 fully saturated rings. The summed E-state index contributed by atoms with van der Waals surface area (Å²) in [6, 6.07) is 0. The SMILES string of the molecule is COC.O=CC1CCCC1. The Hall–Kier alpha value is -0.370. The predicted octanol–water partition coefficient (Wildman–Crippen LogP) is 1.64. The first-order valence-electron chi connectivity index (χ1n) is 3.70. The van der Waals surface area contributed by atoms with E-state index in [4.69, 9.17) is 0 Å². The largest absolute Gasteiger partial charge is 0.388 e. The van der Waals surface area contributed by atoms with Gasteiger partial charge in [-0.2, -0.15) is 0 Å². The Labute approximate surface area is 62.6 Å². The normalized spacial score (nSPS) is 17.8. The molecule has 0 spiro atoms. The summed E-state index contributed by atoms with van der Waals surface area (Å²) >= 11 is 0.